The number of nitrogens with one attached hydrogen (secondary N) is 1. The van der Waals surface area contributed by atoms with Gasteiger partial charge in [0.25, 0.3) is 5.56 Å². The van der Waals surface area contributed by atoms with E-state index in [2.05, 4.69) is 9.97 Å². The maximum absolute atomic E-state index is 11.7. The minimum absolute atomic E-state index is 0.0783. The first-order valence-corrected chi connectivity index (χ1v) is 5.34. The lowest BCUT2D eigenvalue weighted by molar-refractivity contribution is -0.137. The number of aromatic nitrogens is 3. The third kappa shape index (κ3) is 2.35. The number of fused-ring (bicyclic) bond motifs is 1. The van der Waals surface area contributed by atoms with Crippen LogP contribution in [0.4, 0.5) is 0 Å². The predicted octanol–water partition coefficient (Wildman–Crippen LogP) is 0.669. The second-order valence-corrected chi connectivity index (χ2v) is 3.92. The number of H-pyrrole nitrogens is 1. The van der Waals surface area contributed by atoms with E-state index in [0.29, 0.717) is 29.7 Å². The van der Waals surface area contributed by atoms with E-state index in [1.807, 2.05) is 7.05 Å². The molecule has 2 rings (SSSR count). The number of carbonyl (C=O) groups is 1. The van der Waals surface area contributed by atoms with E-state index in [1.165, 1.54) is 0 Å². The molecule has 0 amide bonds. The Hall–Kier alpha value is -2.11. The van der Waals surface area contributed by atoms with Gasteiger partial charge < -0.3 is 14.7 Å². The molecule has 6 heteroatoms. The average molecular weight is 235 g/mol. The van der Waals surface area contributed by atoms with Gasteiger partial charge in [-0.15, -0.1) is 0 Å². The normalized spacial score (nSPS) is 10.9. The van der Waals surface area contributed by atoms with E-state index >= 15 is 0 Å². The van der Waals surface area contributed by atoms with Gasteiger partial charge in [0.1, 0.15) is 11.5 Å². The Balaban J connectivity index is 2.26. The Bertz CT molecular complexity index is 612. The summed E-state index contributed by atoms with van der Waals surface area (Å²) in [5.74, 6) is -0.308. The van der Waals surface area contributed by atoms with Crippen molar-refractivity contribution in [2.75, 3.05) is 0 Å². The standard InChI is InChI=1S/C11H13N3O3/c1-14-6-5-7-10(14)12-8(13-11(7)17)3-2-4-9(15)16/h5-6H,2-4H2,1H3,(H,15,16)(H,12,13,17). The van der Waals surface area contributed by atoms with E-state index in [-0.39, 0.29) is 12.0 Å². The van der Waals surface area contributed by atoms with Gasteiger partial charge >= 0.3 is 5.97 Å². The molecule has 90 valence electrons. The molecule has 0 radical (unpaired) electrons. The van der Waals surface area contributed by atoms with Crippen molar-refractivity contribution >= 4 is 17.0 Å². The van der Waals surface area contributed by atoms with Crippen molar-refractivity contribution in [1.82, 2.24) is 14.5 Å². The molecule has 0 saturated carbocycles. The maximum atomic E-state index is 11.7. The van der Waals surface area contributed by atoms with Crippen LogP contribution in [-0.4, -0.2) is 25.6 Å². The first-order valence-electron chi connectivity index (χ1n) is 5.34. The number of carboxylic acid groups (broad SMARTS) is 1. The van der Waals surface area contributed by atoms with Crippen LogP contribution in [0.2, 0.25) is 0 Å². The molecule has 0 aliphatic carbocycles. The summed E-state index contributed by atoms with van der Waals surface area (Å²) in [5, 5.41) is 9.08. The van der Waals surface area contributed by atoms with Gasteiger partial charge in [-0.05, 0) is 12.5 Å². The highest BCUT2D eigenvalue weighted by Crippen LogP contribution is 2.08. The van der Waals surface area contributed by atoms with Gasteiger partial charge in [0.2, 0.25) is 0 Å². The van der Waals surface area contributed by atoms with E-state index in [9.17, 15) is 9.59 Å². The van der Waals surface area contributed by atoms with Gasteiger partial charge in [0.15, 0.2) is 0 Å². The number of rotatable bonds is 4. The average Bonchev–Trinajstić information content (AvgIpc) is 2.61. The first-order chi connectivity index (χ1) is 8.08. The molecule has 0 aromatic carbocycles. The molecule has 0 bridgehead atoms. The van der Waals surface area contributed by atoms with Crippen LogP contribution in [0.15, 0.2) is 17.1 Å². The molecule has 17 heavy (non-hydrogen) atoms. The molecule has 2 aromatic rings. The van der Waals surface area contributed by atoms with Crippen molar-refractivity contribution < 1.29 is 9.90 Å². The Kier molecular flexibility index (Phi) is 2.95. The van der Waals surface area contributed by atoms with E-state index < -0.39 is 5.97 Å². The van der Waals surface area contributed by atoms with Gasteiger partial charge in [0, 0.05) is 26.1 Å². The molecule has 2 N–H and O–H groups in total. The van der Waals surface area contributed by atoms with Crippen LogP contribution in [0.25, 0.3) is 11.0 Å². The van der Waals surface area contributed by atoms with Crippen molar-refractivity contribution in [2.24, 2.45) is 7.05 Å². The quantitative estimate of drug-likeness (QED) is 0.815. The minimum atomic E-state index is -0.840. The molecule has 0 aliphatic rings. The monoisotopic (exact) mass is 235 g/mol. The number of carboxylic acids is 1. The zero-order chi connectivity index (χ0) is 12.4. The highest BCUT2D eigenvalue weighted by molar-refractivity contribution is 5.74. The fourth-order valence-electron chi connectivity index (χ4n) is 1.72. The van der Waals surface area contributed by atoms with Gasteiger partial charge in [0.05, 0.1) is 5.39 Å². The summed E-state index contributed by atoms with van der Waals surface area (Å²) in [6, 6.07) is 1.71. The summed E-state index contributed by atoms with van der Waals surface area (Å²) in [4.78, 5) is 29.0. The van der Waals surface area contributed by atoms with Crippen molar-refractivity contribution in [3.8, 4) is 0 Å². The second-order valence-electron chi connectivity index (χ2n) is 3.92. The lowest BCUT2D eigenvalue weighted by Gasteiger charge is -2.01. The smallest absolute Gasteiger partial charge is 0.303 e. The number of aromatic amines is 1. The van der Waals surface area contributed by atoms with E-state index in [0.717, 1.165) is 0 Å². The lowest BCUT2D eigenvalue weighted by Crippen LogP contribution is -2.12. The van der Waals surface area contributed by atoms with Crippen LogP contribution in [-0.2, 0) is 18.3 Å². The molecule has 0 aliphatic heterocycles. The molecule has 0 saturated heterocycles. The molecule has 0 atom stereocenters. The summed E-state index contributed by atoms with van der Waals surface area (Å²) < 4.78 is 1.77. The Labute approximate surface area is 96.9 Å². The lowest BCUT2D eigenvalue weighted by atomic mass is 10.2. The molecule has 6 nitrogen and oxygen atoms in total. The van der Waals surface area contributed by atoms with Crippen molar-refractivity contribution in [3.63, 3.8) is 0 Å². The first kappa shape index (κ1) is 11.4. The van der Waals surface area contributed by atoms with Gasteiger partial charge in [-0.2, -0.15) is 0 Å². The number of aryl methyl sites for hydroxylation is 2. The van der Waals surface area contributed by atoms with Crippen LogP contribution in [0, 0.1) is 0 Å². The SMILES string of the molecule is Cn1ccc2c(=O)[nH]c(CCCC(=O)O)nc21. The van der Waals surface area contributed by atoms with Crippen molar-refractivity contribution in [2.45, 2.75) is 19.3 Å². The summed E-state index contributed by atoms with van der Waals surface area (Å²) >= 11 is 0. The van der Waals surface area contributed by atoms with Gasteiger partial charge in [-0.1, -0.05) is 0 Å². The third-order valence-corrected chi connectivity index (χ3v) is 2.59. The summed E-state index contributed by atoms with van der Waals surface area (Å²) in [5.41, 5.74) is 0.444. The zero-order valence-electron chi connectivity index (χ0n) is 9.43. The number of aliphatic carboxylic acids is 1. The number of nitrogens with zero attached hydrogens (tertiary/aromatic N) is 2. The molecular weight excluding hydrogens is 222 g/mol. The third-order valence-electron chi connectivity index (χ3n) is 2.59. The largest absolute Gasteiger partial charge is 0.481 e. The Morgan fingerprint density at radius 3 is 3.06 bits per heavy atom. The summed E-state index contributed by atoms with van der Waals surface area (Å²) in [6.45, 7) is 0. The van der Waals surface area contributed by atoms with Crippen molar-refractivity contribution in [1.29, 1.82) is 0 Å². The van der Waals surface area contributed by atoms with Crippen LogP contribution >= 0.6 is 0 Å². The van der Waals surface area contributed by atoms with E-state index in [1.54, 1.807) is 16.8 Å². The predicted molar refractivity (Wildman–Crippen MR) is 61.9 cm³/mol. The molecule has 0 fully saturated rings. The zero-order valence-corrected chi connectivity index (χ0v) is 9.43. The molecule has 0 spiro atoms. The van der Waals surface area contributed by atoms with Crippen molar-refractivity contribution in [3.05, 3.63) is 28.4 Å². The topological polar surface area (TPSA) is 88.0 Å². The van der Waals surface area contributed by atoms with Crippen LogP contribution in [0.5, 0.6) is 0 Å². The Morgan fingerprint density at radius 2 is 2.35 bits per heavy atom. The second kappa shape index (κ2) is 4.40. The highest BCUT2D eigenvalue weighted by Gasteiger charge is 2.07. The number of hydrogen-bond donors (Lipinski definition) is 2. The minimum Gasteiger partial charge on any atom is -0.481 e. The van der Waals surface area contributed by atoms with Gasteiger partial charge in [-0.3, -0.25) is 9.59 Å². The Morgan fingerprint density at radius 1 is 1.59 bits per heavy atom. The van der Waals surface area contributed by atoms with Crippen LogP contribution in [0.3, 0.4) is 0 Å². The molecule has 2 heterocycles. The fourth-order valence-corrected chi connectivity index (χ4v) is 1.72. The number of hydrogen-bond acceptors (Lipinski definition) is 3. The van der Waals surface area contributed by atoms with Crippen LogP contribution in [0.1, 0.15) is 18.7 Å². The summed E-state index contributed by atoms with van der Waals surface area (Å²) in [7, 11) is 1.82. The van der Waals surface area contributed by atoms with Crippen LogP contribution < -0.4 is 5.56 Å². The summed E-state index contributed by atoms with van der Waals surface area (Å²) in [6.07, 6.45) is 2.78. The molecule has 2 aromatic heterocycles. The van der Waals surface area contributed by atoms with E-state index in [4.69, 9.17) is 5.11 Å². The molecule has 0 unspecified atom stereocenters. The van der Waals surface area contributed by atoms with Gasteiger partial charge in [-0.25, -0.2) is 4.98 Å². The maximum Gasteiger partial charge on any atom is 0.303 e. The highest BCUT2D eigenvalue weighted by atomic mass is 16.4. The molecular formula is C11H13N3O3. The fraction of sp³-hybridized carbons (Fsp3) is 0.364.